The van der Waals surface area contributed by atoms with Crippen LogP contribution in [0.15, 0.2) is 18.2 Å². The average Bonchev–Trinajstić information content (AvgIpc) is 2.13. The Bertz CT molecular complexity index is 274. The van der Waals surface area contributed by atoms with E-state index in [4.69, 9.17) is 5.73 Å². The van der Waals surface area contributed by atoms with E-state index in [1.165, 1.54) is 16.7 Å². The quantitative estimate of drug-likeness (QED) is 0.755. The number of aryl methyl sites for hydroxylation is 2. The SMILES string of the molecule is CCC(CN)c1ccc(C)c(C)c1. The molecule has 2 N–H and O–H groups in total. The third-order valence-corrected chi connectivity index (χ3v) is 2.78. The molecule has 0 radical (unpaired) electrons. The van der Waals surface area contributed by atoms with E-state index >= 15 is 0 Å². The van der Waals surface area contributed by atoms with Crippen molar-refractivity contribution in [1.29, 1.82) is 0 Å². The highest BCUT2D eigenvalue weighted by Gasteiger charge is 2.07. The summed E-state index contributed by atoms with van der Waals surface area (Å²) in [5.74, 6) is 0.527. The molecule has 0 aliphatic heterocycles. The van der Waals surface area contributed by atoms with Gasteiger partial charge in [0.1, 0.15) is 0 Å². The molecule has 0 bridgehead atoms. The maximum Gasteiger partial charge on any atom is -0.000834 e. The molecule has 0 saturated heterocycles. The number of rotatable bonds is 3. The summed E-state index contributed by atoms with van der Waals surface area (Å²) in [6, 6.07) is 6.64. The molecular weight excluding hydrogens is 158 g/mol. The van der Waals surface area contributed by atoms with Crippen molar-refractivity contribution in [2.75, 3.05) is 6.54 Å². The first-order valence-corrected chi connectivity index (χ1v) is 4.96. The number of hydrogen-bond donors (Lipinski definition) is 1. The molecule has 1 aromatic carbocycles. The fourth-order valence-electron chi connectivity index (χ4n) is 1.56. The topological polar surface area (TPSA) is 26.0 Å². The first-order chi connectivity index (χ1) is 6.19. The molecule has 1 rings (SSSR count). The zero-order chi connectivity index (χ0) is 9.84. The molecule has 72 valence electrons. The first kappa shape index (κ1) is 10.3. The van der Waals surface area contributed by atoms with Crippen LogP contribution in [0.2, 0.25) is 0 Å². The molecule has 1 nitrogen and oxygen atoms in total. The second kappa shape index (κ2) is 4.43. The van der Waals surface area contributed by atoms with Gasteiger partial charge in [-0.2, -0.15) is 0 Å². The maximum absolute atomic E-state index is 5.70. The lowest BCUT2D eigenvalue weighted by molar-refractivity contribution is 0.673. The van der Waals surface area contributed by atoms with Crippen LogP contribution in [0, 0.1) is 13.8 Å². The minimum absolute atomic E-state index is 0.527. The van der Waals surface area contributed by atoms with Crippen LogP contribution in [0.1, 0.15) is 36.0 Å². The molecule has 1 atom stereocenters. The number of benzene rings is 1. The van der Waals surface area contributed by atoms with Gasteiger partial charge in [-0.25, -0.2) is 0 Å². The average molecular weight is 177 g/mol. The molecule has 13 heavy (non-hydrogen) atoms. The summed E-state index contributed by atoms with van der Waals surface area (Å²) >= 11 is 0. The summed E-state index contributed by atoms with van der Waals surface area (Å²) < 4.78 is 0. The predicted octanol–water partition coefficient (Wildman–Crippen LogP) is 2.76. The Labute approximate surface area is 81.0 Å². The van der Waals surface area contributed by atoms with Crippen LogP contribution < -0.4 is 5.73 Å². The molecule has 1 heteroatoms. The summed E-state index contributed by atoms with van der Waals surface area (Å²) in [4.78, 5) is 0. The monoisotopic (exact) mass is 177 g/mol. The van der Waals surface area contributed by atoms with Crippen molar-refractivity contribution in [2.24, 2.45) is 5.73 Å². The standard InChI is InChI=1S/C12H19N/c1-4-11(8-13)12-6-5-9(2)10(3)7-12/h5-7,11H,4,8,13H2,1-3H3. The highest BCUT2D eigenvalue weighted by Crippen LogP contribution is 2.20. The highest BCUT2D eigenvalue weighted by molar-refractivity contribution is 5.32. The molecule has 0 aliphatic carbocycles. The fourth-order valence-corrected chi connectivity index (χ4v) is 1.56. The third kappa shape index (κ3) is 2.31. The molecule has 0 heterocycles. The molecule has 0 saturated carbocycles. The van der Waals surface area contributed by atoms with Crippen LogP contribution in [0.3, 0.4) is 0 Å². The van der Waals surface area contributed by atoms with Gasteiger partial charge >= 0.3 is 0 Å². The van der Waals surface area contributed by atoms with Crippen molar-refractivity contribution >= 4 is 0 Å². The molecule has 1 aromatic rings. The number of nitrogens with two attached hydrogens (primary N) is 1. The predicted molar refractivity (Wildman–Crippen MR) is 58.0 cm³/mol. The Morgan fingerprint density at radius 2 is 1.92 bits per heavy atom. The molecule has 0 spiro atoms. The summed E-state index contributed by atoms with van der Waals surface area (Å²) in [6.45, 7) is 7.23. The van der Waals surface area contributed by atoms with Gasteiger partial charge in [0.2, 0.25) is 0 Å². The lowest BCUT2D eigenvalue weighted by Gasteiger charge is -2.13. The maximum atomic E-state index is 5.70. The Kier molecular flexibility index (Phi) is 3.49. The van der Waals surface area contributed by atoms with Gasteiger partial charge in [-0.15, -0.1) is 0 Å². The molecule has 0 fully saturated rings. The highest BCUT2D eigenvalue weighted by atomic mass is 14.5. The summed E-state index contributed by atoms with van der Waals surface area (Å²) in [6.07, 6.45) is 1.12. The van der Waals surface area contributed by atoms with E-state index in [9.17, 15) is 0 Å². The zero-order valence-electron chi connectivity index (χ0n) is 8.80. The van der Waals surface area contributed by atoms with Gasteiger partial charge in [-0.3, -0.25) is 0 Å². The lowest BCUT2D eigenvalue weighted by Crippen LogP contribution is -2.11. The molecule has 0 aromatic heterocycles. The van der Waals surface area contributed by atoms with Crippen LogP contribution in [0.4, 0.5) is 0 Å². The summed E-state index contributed by atoms with van der Waals surface area (Å²) in [5, 5.41) is 0. The summed E-state index contributed by atoms with van der Waals surface area (Å²) in [7, 11) is 0. The second-order valence-corrected chi connectivity index (χ2v) is 3.68. The van der Waals surface area contributed by atoms with E-state index < -0.39 is 0 Å². The van der Waals surface area contributed by atoms with E-state index in [-0.39, 0.29) is 0 Å². The Morgan fingerprint density at radius 1 is 1.23 bits per heavy atom. The van der Waals surface area contributed by atoms with E-state index in [0.717, 1.165) is 13.0 Å². The van der Waals surface area contributed by atoms with Crippen molar-refractivity contribution in [3.05, 3.63) is 34.9 Å². The zero-order valence-corrected chi connectivity index (χ0v) is 8.80. The molecular formula is C12H19N. The van der Waals surface area contributed by atoms with Gasteiger partial charge in [0.25, 0.3) is 0 Å². The van der Waals surface area contributed by atoms with Crippen molar-refractivity contribution < 1.29 is 0 Å². The van der Waals surface area contributed by atoms with Crippen LogP contribution in [-0.4, -0.2) is 6.54 Å². The summed E-state index contributed by atoms with van der Waals surface area (Å²) in [5.41, 5.74) is 9.81. The third-order valence-electron chi connectivity index (χ3n) is 2.78. The molecule has 0 amide bonds. The normalized spacial score (nSPS) is 12.9. The fraction of sp³-hybridized carbons (Fsp3) is 0.500. The Balaban J connectivity index is 2.95. The largest absolute Gasteiger partial charge is 0.330 e. The minimum atomic E-state index is 0.527. The Hall–Kier alpha value is -0.820. The molecule has 0 aliphatic rings. The van der Waals surface area contributed by atoms with Gasteiger partial charge in [0.05, 0.1) is 0 Å². The van der Waals surface area contributed by atoms with Gasteiger partial charge in [-0.1, -0.05) is 25.1 Å². The minimum Gasteiger partial charge on any atom is -0.330 e. The smallest absolute Gasteiger partial charge is 0.000834 e. The van der Waals surface area contributed by atoms with Crippen LogP contribution in [-0.2, 0) is 0 Å². The molecule has 1 unspecified atom stereocenters. The Morgan fingerprint density at radius 3 is 2.38 bits per heavy atom. The van der Waals surface area contributed by atoms with Gasteiger partial charge in [-0.05, 0) is 49.4 Å². The van der Waals surface area contributed by atoms with Crippen molar-refractivity contribution in [3.63, 3.8) is 0 Å². The van der Waals surface area contributed by atoms with E-state index in [0.29, 0.717) is 5.92 Å². The van der Waals surface area contributed by atoms with Crippen molar-refractivity contribution in [1.82, 2.24) is 0 Å². The van der Waals surface area contributed by atoms with E-state index in [1.807, 2.05) is 0 Å². The van der Waals surface area contributed by atoms with Crippen molar-refractivity contribution in [3.8, 4) is 0 Å². The van der Waals surface area contributed by atoms with Crippen LogP contribution >= 0.6 is 0 Å². The second-order valence-electron chi connectivity index (χ2n) is 3.68. The van der Waals surface area contributed by atoms with Crippen LogP contribution in [0.25, 0.3) is 0 Å². The van der Waals surface area contributed by atoms with Crippen molar-refractivity contribution in [2.45, 2.75) is 33.1 Å². The van der Waals surface area contributed by atoms with Gasteiger partial charge in [0.15, 0.2) is 0 Å². The first-order valence-electron chi connectivity index (χ1n) is 4.96. The van der Waals surface area contributed by atoms with E-state index in [1.54, 1.807) is 0 Å². The van der Waals surface area contributed by atoms with Crippen LogP contribution in [0.5, 0.6) is 0 Å². The lowest BCUT2D eigenvalue weighted by atomic mass is 9.94. The van der Waals surface area contributed by atoms with Gasteiger partial charge < -0.3 is 5.73 Å². The van der Waals surface area contributed by atoms with Gasteiger partial charge in [0, 0.05) is 0 Å². The number of hydrogen-bond acceptors (Lipinski definition) is 1. The van der Waals surface area contributed by atoms with E-state index in [2.05, 4.69) is 39.0 Å².